The molecule has 0 heterocycles. The first-order valence-electron chi connectivity index (χ1n) is 0. The molecule has 0 rings (SSSR count). The van der Waals surface area contributed by atoms with Crippen molar-refractivity contribution >= 4 is 0 Å². The van der Waals surface area contributed by atoms with E-state index < -0.39 is 0 Å². The Balaban J connectivity index is 0. The summed E-state index contributed by atoms with van der Waals surface area (Å²) in [6, 6.07) is 0. The molecule has 0 bridgehead atoms. The van der Waals surface area contributed by atoms with E-state index in [0.29, 0.717) is 0 Å². The van der Waals surface area contributed by atoms with E-state index in [0.717, 1.165) is 0 Å². The van der Waals surface area contributed by atoms with Crippen LogP contribution in [0.2, 0.25) is 0 Å². The summed E-state index contributed by atoms with van der Waals surface area (Å²) in [7, 11) is 0. The Morgan fingerprint density at radius 2 is 0.545 bits per heavy atom. The van der Waals surface area contributed by atoms with E-state index in [-0.39, 0.29) is 143 Å². The molecular formula is H17MoNNa2O6W. The monoisotopic (exact) mass is 455 g/mol. The summed E-state index contributed by atoms with van der Waals surface area (Å²) < 4.78 is 0. The standard InChI is InChI=1S/Mo.H3N.2Na.6H2O.W.2H/h;1H3;;;6*1H2;;;/q;;2*+1;;;;;;;;2*-1. The third-order valence-electron chi connectivity index (χ3n) is 0. The van der Waals surface area contributed by atoms with Crippen molar-refractivity contribution in [1.82, 2.24) is 6.15 Å². The van der Waals surface area contributed by atoms with Crippen LogP contribution in [0.1, 0.15) is 2.85 Å². The Hall–Kier alpha value is 3.10. The van der Waals surface area contributed by atoms with Gasteiger partial charge in [0.25, 0.3) is 0 Å². The van der Waals surface area contributed by atoms with Crippen molar-refractivity contribution in [3.63, 3.8) is 0 Å². The summed E-state index contributed by atoms with van der Waals surface area (Å²) in [5.41, 5.74) is 0. The maximum absolute atomic E-state index is 0. The molecule has 0 amide bonds. The average Bonchev–Trinajstić information content (AvgIpc) is 0. The fourth-order valence-electron chi connectivity index (χ4n) is 0. The maximum atomic E-state index is 0. The van der Waals surface area contributed by atoms with Crippen LogP contribution in [0.4, 0.5) is 0 Å². The molecule has 0 saturated carbocycles. The number of hydrogen-bond donors (Lipinski definition) is 1. The molecule has 0 aliphatic heterocycles. The summed E-state index contributed by atoms with van der Waals surface area (Å²) in [5.74, 6) is 0. The van der Waals surface area contributed by atoms with Crippen LogP contribution in [0.3, 0.4) is 0 Å². The van der Waals surface area contributed by atoms with Crippen LogP contribution >= 0.6 is 0 Å². The minimum absolute atomic E-state index is 0. The van der Waals surface area contributed by atoms with E-state index in [4.69, 9.17) is 0 Å². The zero-order valence-corrected chi connectivity index (χ0v) is 15.5. The molecule has 0 saturated heterocycles. The van der Waals surface area contributed by atoms with Crippen molar-refractivity contribution in [3.8, 4) is 0 Å². The van der Waals surface area contributed by atoms with Gasteiger partial charge in [0.05, 0.1) is 0 Å². The predicted molar refractivity (Wildman–Crippen MR) is 28.9 cm³/mol. The quantitative estimate of drug-likeness (QED) is 0.347. The van der Waals surface area contributed by atoms with Gasteiger partial charge in [0.15, 0.2) is 0 Å². The molecule has 0 aliphatic rings. The third-order valence-corrected chi connectivity index (χ3v) is 0. The molecule has 72 valence electrons. The van der Waals surface area contributed by atoms with Gasteiger partial charge in [-0.05, 0) is 0 Å². The molecular weight excluding hydrogens is 436 g/mol. The van der Waals surface area contributed by atoms with Crippen molar-refractivity contribution in [2.24, 2.45) is 0 Å². The second-order valence-electron chi connectivity index (χ2n) is 0. The van der Waals surface area contributed by atoms with Gasteiger partial charge >= 0.3 is 59.1 Å². The number of rotatable bonds is 0. The van der Waals surface area contributed by atoms with E-state index >= 15 is 0 Å². The van der Waals surface area contributed by atoms with Gasteiger partial charge in [-0.2, -0.15) is 0 Å². The Morgan fingerprint density at radius 3 is 0.545 bits per heavy atom. The zero-order valence-electron chi connectivity index (χ0n) is 8.52. The minimum atomic E-state index is 0. The topological polar surface area (TPSA) is 224 Å². The van der Waals surface area contributed by atoms with Crippen LogP contribution in [0.5, 0.6) is 0 Å². The molecule has 15 N–H and O–H groups in total. The van der Waals surface area contributed by atoms with Crippen LogP contribution in [0.25, 0.3) is 0 Å². The van der Waals surface area contributed by atoms with Crippen molar-refractivity contribution in [2.45, 2.75) is 0 Å². The first kappa shape index (κ1) is 252. The van der Waals surface area contributed by atoms with Crippen LogP contribution in [-0.4, -0.2) is 32.9 Å². The van der Waals surface area contributed by atoms with Gasteiger partial charge in [-0.3, -0.25) is 0 Å². The first-order valence-corrected chi connectivity index (χ1v) is 0. The average molecular weight is 453 g/mol. The molecule has 0 fully saturated rings. The van der Waals surface area contributed by atoms with Crippen molar-refractivity contribution in [1.29, 1.82) is 0 Å². The van der Waals surface area contributed by atoms with E-state index in [9.17, 15) is 0 Å². The summed E-state index contributed by atoms with van der Waals surface area (Å²) >= 11 is 0. The van der Waals surface area contributed by atoms with Crippen LogP contribution in [0.15, 0.2) is 0 Å². The molecule has 0 aromatic rings. The van der Waals surface area contributed by atoms with E-state index in [2.05, 4.69) is 0 Å². The van der Waals surface area contributed by atoms with Gasteiger partial charge in [0, 0.05) is 42.1 Å². The van der Waals surface area contributed by atoms with Crippen LogP contribution in [0, 0.1) is 0 Å². The Morgan fingerprint density at radius 1 is 0.545 bits per heavy atom. The predicted octanol–water partition coefficient (Wildman–Crippen LogP) is -10.6. The second-order valence-corrected chi connectivity index (χ2v) is 0. The summed E-state index contributed by atoms with van der Waals surface area (Å²) in [5, 5.41) is 0. The van der Waals surface area contributed by atoms with Gasteiger partial charge in [-0.1, -0.05) is 0 Å². The molecule has 0 spiro atoms. The normalized spacial score (nSPS) is 0. The SMILES string of the molecule is N.O.O.O.O.O.O.[H-].[H-].[Mo].[Na+].[Na+].[W]. The van der Waals surface area contributed by atoms with Crippen LogP contribution in [-0.2, 0) is 42.1 Å². The van der Waals surface area contributed by atoms with Gasteiger partial charge in [0.2, 0.25) is 0 Å². The van der Waals surface area contributed by atoms with E-state index in [1.807, 2.05) is 0 Å². The van der Waals surface area contributed by atoms with Crippen LogP contribution < -0.4 is 65.3 Å². The third kappa shape index (κ3) is 168. The minimum Gasteiger partial charge on any atom is -1.00 e. The molecule has 11 heteroatoms. The summed E-state index contributed by atoms with van der Waals surface area (Å²) in [4.78, 5) is 0. The molecule has 0 aromatic heterocycles. The summed E-state index contributed by atoms with van der Waals surface area (Å²) in [6.07, 6.45) is 0. The molecule has 11 heavy (non-hydrogen) atoms. The largest absolute Gasteiger partial charge is 1.00 e. The number of hydrogen-bond acceptors (Lipinski definition) is 1. The summed E-state index contributed by atoms with van der Waals surface area (Å²) in [6.45, 7) is 0. The van der Waals surface area contributed by atoms with Crippen molar-refractivity contribution in [3.05, 3.63) is 0 Å². The fraction of sp³-hybridized carbons (Fsp3) is 0. The fourth-order valence-corrected chi connectivity index (χ4v) is 0. The molecule has 7 nitrogen and oxygen atoms in total. The van der Waals surface area contributed by atoms with Gasteiger partial charge in [-0.15, -0.1) is 0 Å². The van der Waals surface area contributed by atoms with E-state index in [1.165, 1.54) is 0 Å². The molecule has 0 unspecified atom stereocenters. The zero-order chi connectivity index (χ0) is 0. The molecule has 0 atom stereocenters. The second kappa shape index (κ2) is 200. The molecule has 0 radical (unpaired) electrons. The Kier molecular flexibility index (Phi) is 4580. The van der Waals surface area contributed by atoms with Crippen molar-refractivity contribution in [2.75, 3.05) is 0 Å². The maximum Gasteiger partial charge on any atom is 1.00 e. The Labute approximate surface area is 141 Å². The smallest absolute Gasteiger partial charge is 1.00 e. The van der Waals surface area contributed by atoms with Gasteiger partial charge in [-0.25, -0.2) is 0 Å². The van der Waals surface area contributed by atoms with Gasteiger partial charge in [0.1, 0.15) is 0 Å². The Bertz CT molecular complexity index is 28.6. The first-order chi connectivity index (χ1) is 0. The van der Waals surface area contributed by atoms with E-state index in [1.54, 1.807) is 0 Å². The molecule has 0 aliphatic carbocycles. The van der Waals surface area contributed by atoms with Gasteiger partial charge < -0.3 is 41.9 Å². The van der Waals surface area contributed by atoms with Crippen molar-refractivity contribution < 1.29 is 137 Å². The molecule has 0 aromatic carbocycles.